The van der Waals surface area contributed by atoms with Gasteiger partial charge in [-0.2, -0.15) is 0 Å². The highest BCUT2D eigenvalue weighted by atomic mass is 16.5. The molecular weight excluding hydrogens is 186 g/mol. The number of rotatable bonds is 1. The summed E-state index contributed by atoms with van der Waals surface area (Å²) in [5.41, 5.74) is 6.26. The summed E-state index contributed by atoms with van der Waals surface area (Å²) in [7, 11) is 0. The van der Waals surface area contributed by atoms with Crippen molar-refractivity contribution in [3.63, 3.8) is 0 Å². The predicted molar refractivity (Wildman–Crippen MR) is 62.7 cm³/mol. The Balaban J connectivity index is 2.15. The van der Waals surface area contributed by atoms with Crippen LogP contribution in [0, 0.1) is 11.8 Å². The van der Waals surface area contributed by atoms with Crippen molar-refractivity contribution in [1.82, 2.24) is 0 Å². The first-order valence-corrected chi connectivity index (χ1v) is 6.28. The molecule has 2 fully saturated rings. The normalized spacial score (nSPS) is 43.4. The number of ether oxygens (including phenoxy) is 1. The molecule has 2 aliphatic rings. The van der Waals surface area contributed by atoms with E-state index in [9.17, 15) is 0 Å². The third kappa shape index (κ3) is 2.07. The van der Waals surface area contributed by atoms with Crippen molar-refractivity contribution in [2.24, 2.45) is 17.6 Å². The van der Waals surface area contributed by atoms with Crippen molar-refractivity contribution in [2.45, 2.75) is 70.6 Å². The van der Waals surface area contributed by atoms with Gasteiger partial charge < -0.3 is 10.5 Å². The molecule has 15 heavy (non-hydrogen) atoms. The van der Waals surface area contributed by atoms with E-state index in [0.29, 0.717) is 17.9 Å². The van der Waals surface area contributed by atoms with Gasteiger partial charge in [0.15, 0.2) is 0 Å². The quantitative estimate of drug-likeness (QED) is 0.724. The molecule has 3 atom stereocenters. The van der Waals surface area contributed by atoms with Crippen molar-refractivity contribution in [3.8, 4) is 0 Å². The minimum Gasteiger partial charge on any atom is -0.369 e. The summed E-state index contributed by atoms with van der Waals surface area (Å²) < 4.78 is 6.15. The van der Waals surface area contributed by atoms with Crippen molar-refractivity contribution >= 4 is 0 Å². The number of hydrogen-bond donors (Lipinski definition) is 1. The smallest absolute Gasteiger partial charge is 0.0666 e. The Morgan fingerprint density at radius 3 is 2.20 bits per heavy atom. The summed E-state index contributed by atoms with van der Waals surface area (Å²) in [5, 5.41) is 0. The van der Waals surface area contributed by atoms with E-state index in [0.717, 1.165) is 0 Å². The first-order valence-electron chi connectivity index (χ1n) is 6.28. The van der Waals surface area contributed by atoms with E-state index in [1.165, 1.54) is 25.7 Å². The van der Waals surface area contributed by atoms with Crippen molar-refractivity contribution in [1.29, 1.82) is 0 Å². The van der Waals surface area contributed by atoms with Crippen molar-refractivity contribution < 1.29 is 4.74 Å². The van der Waals surface area contributed by atoms with Gasteiger partial charge in [-0.05, 0) is 58.8 Å². The van der Waals surface area contributed by atoms with Gasteiger partial charge in [-0.15, -0.1) is 0 Å². The van der Waals surface area contributed by atoms with Crippen LogP contribution in [-0.2, 0) is 4.74 Å². The molecule has 88 valence electrons. The zero-order valence-corrected chi connectivity index (χ0v) is 10.5. The van der Waals surface area contributed by atoms with E-state index in [2.05, 4.69) is 27.7 Å². The van der Waals surface area contributed by atoms with Crippen LogP contribution in [0.4, 0.5) is 0 Å². The number of nitrogens with two attached hydrogens (primary N) is 1. The van der Waals surface area contributed by atoms with E-state index in [-0.39, 0.29) is 11.2 Å². The molecule has 1 saturated heterocycles. The molecule has 2 heteroatoms. The largest absolute Gasteiger partial charge is 0.369 e. The van der Waals surface area contributed by atoms with Crippen LogP contribution >= 0.6 is 0 Å². The van der Waals surface area contributed by atoms with Gasteiger partial charge in [-0.25, -0.2) is 0 Å². The van der Waals surface area contributed by atoms with Crippen LogP contribution in [-0.4, -0.2) is 17.2 Å². The lowest BCUT2D eigenvalue weighted by Crippen LogP contribution is -2.39. The maximum absolute atomic E-state index is 6.21. The fourth-order valence-electron chi connectivity index (χ4n) is 3.79. The highest BCUT2D eigenvalue weighted by Crippen LogP contribution is 2.49. The molecule has 1 heterocycles. The topological polar surface area (TPSA) is 35.2 Å². The van der Waals surface area contributed by atoms with Crippen LogP contribution in [0.25, 0.3) is 0 Å². The minimum absolute atomic E-state index is 0.0100. The summed E-state index contributed by atoms with van der Waals surface area (Å²) in [6.45, 7) is 8.87. The number of hydrogen-bond acceptors (Lipinski definition) is 2. The third-order valence-corrected chi connectivity index (χ3v) is 4.29. The first kappa shape index (κ1) is 11.4. The fourth-order valence-corrected chi connectivity index (χ4v) is 3.79. The summed E-state index contributed by atoms with van der Waals surface area (Å²) in [4.78, 5) is 0. The van der Waals surface area contributed by atoms with Crippen LogP contribution in [0.3, 0.4) is 0 Å². The Hall–Kier alpha value is -0.0800. The van der Waals surface area contributed by atoms with E-state index in [1.54, 1.807) is 0 Å². The van der Waals surface area contributed by atoms with Crippen LogP contribution in [0.15, 0.2) is 0 Å². The molecule has 2 nitrogen and oxygen atoms in total. The van der Waals surface area contributed by atoms with E-state index >= 15 is 0 Å². The lowest BCUT2D eigenvalue weighted by molar-refractivity contribution is -0.0803. The molecule has 0 aromatic rings. The van der Waals surface area contributed by atoms with Crippen LogP contribution in [0.2, 0.25) is 0 Å². The molecule has 3 unspecified atom stereocenters. The van der Waals surface area contributed by atoms with Gasteiger partial charge in [-0.3, -0.25) is 0 Å². The van der Waals surface area contributed by atoms with Crippen LogP contribution in [0.5, 0.6) is 0 Å². The molecule has 0 spiro atoms. The zero-order valence-electron chi connectivity index (χ0n) is 10.5. The second-order valence-corrected chi connectivity index (χ2v) is 6.53. The average molecular weight is 211 g/mol. The molecule has 0 aromatic heterocycles. The first-order chi connectivity index (χ1) is 6.82. The summed E-state index contributed by atoms with van der Waals surface area (Å²) >= 11 is 0. The highest BCUT2D eigenvalue weighted by molar-refractivity contribution is 5.00. The lowest BCUT2D eigenvalue weighted by atomic mass is 9.75. The minimum atomic E-state index is 0.0100. The Morgan fingerprint density at radius 1 is 1.13 bits per heavy atom. The fraction of sp³-hybridized carbons (Fsp3) is 1.00. The summed E-state index contributed by atoms with van der Waals surface area (Å²) in [5.74, 6) is 1.33. The molecule has 0 radical (unpaired) electrons. The second-order valence-electron chi connectivity index (χ2n) is 6.53. The van der Waals surface area contributed by atoms with Gasteiger partial charge in [0.25, 0.3) is 0 Å². The maximum atomic E-state index is 6.21. The summed E-state index contributed by atoms with van der Waals surface area (Å²) in [6.07, 6.45) is 4.98. The van der Waals surface area contributed by atoms with Crippen molar-refractivity contribution in [3.05, 3.63) is 0 Å². The molecule has 0 aromatic carbocycles. The van der Waals surface area contributed by atoms with E-state index in [1.807, 2.05) is 0 Å². The predicted octanol–water partition coefficient (Wildman–Crippen LogP) is 2.71. The van der Waals surface area contributed by atoms with Gasteiger partial charge in [-0.1, -0.05) is 6.42 Å². The van der Waals surface area contributed by atoms with Crippen molar-refractivity contribution in [2.75, 3.05) is 0 Å². The Kier molecular flexibility index (Phi) is 2.63. The van der Waals surface area contributed by atoms with Gasteiger partial charge in [0.1, 0.15) is 0 Å². The van der Waals surface area contributed by atoms with Crippen LogP contribution in [0.1, 0.15) is 53.4 Å². The van der Waals surface area contributed by atoms with E-state index < -0.39 is 0 Å². The molecule has 2 rings (SSSR count). The lowest BCUT2D eigenvalue weighted by Gasteiger charge is -2.32. The third-order valence-electron chi connectivity index (χ3n) is 4.29. The molecule has 1 aliphatic carbocycles. The monoisotopic (exact) mass is 211 g/mol. The SMILES string of the molecule is CC1(C)CC(C2CCCC2N)C(C)(C)O1. The van der Waals surface area contributed by atoms with Gasteiger partial charge >= 0.3 is 0 Å². The maximum Gasteiger partial charge on any atom is 0.0666 e. The zero-order chi connectivity index (χ0) is 11.3. The molecular formula is C13H25NO. The molecule has 0 bridgehead atoms. The Labute approximate surface area is 93.6 Å². The molecule has 1 aliphatic heterocycles. The standard InChI is InChI=1S/C13H25NO/c1-12(2)8-10(13(3,4)15-12)9-6-5-7-11(9)14/h9-11H,5-8,14H2,1-4H3. The molecule has 1 saturated carbocycles. The van der Waals surface area contributed by atoms with Crippen LogP contribution < -0.4 is 5.73 Å². The summed E-state index contributed by atoms with van der Waals surface area (Å²) in [6, 6.07) is 0.409. The van der Waals surface area contributed by atoms with Gasteiger partial charge in [0.05, 0.1) is 11.2 Å². The Bertz CT molecular complexity index is 247. The van der Waals surface area contributed by atoms with Gasteiger partial charge in [0, 0.05) is 6.04 Å². The van der Waals surface area contributed by atoms with E-state index in [4.69, 9.17) is 10.5 Å². The molecule has 0 amide bonds. The highest BCUT2D eigenvalue weighted by Gasteiger charge is 2.50. The molecule has 2 N–H and O–H groups in total. The van der Waals surface area contributed by atoms with Gasteiger partial charge in [0.2, 0.25) is 0 Å². The Morgan fingerprint density at radius 2 is 1.80 bits per heavy atom. The second kappa shape index (κ2) is 3.46. The average Bonchev–Trinajstić information content (AvgIpc) is 2.52.